The topological polar surface area (TPSA) is 141 Å². The van der Waals surface area contributed by atoms with Gasteiger partial charge in [0, 0.05) is 32.3 Å². The first kappa shape index (κ1) is 32.3. The number of fused-ring (bicyclic) bond motifs is 1. The lowest BCUT2D eigenvalue weighted by molar-refractivity contribution is -0.149. The van der Waals surface area contributed by atoms with Crippen molar-refractivity contribution in [1.82, 2.24) is 19.3 Å². The van der Waals surface area contributed by atoms with Gasteiger partial charge in [-0.05, 0) is 50.1 Å². The molecule has 226 valence electrons. The average molecular weight is 580 g/mol. The lowest BCUT2D eigenvalue weighted by Gasteiger charge is -2.13. The number of aryl methyl sites for hydroxylation is 3. The quantitative estimate of drug-likeness (QED) is 0.204. The van der Waals surface area contributed by atoms with Gasteiger partial charge in [0.1, 0.15) is 23.7 Å². The lowest BCUT2D eigenvalue weighted by Crippen LogP contribution is -2.27. The van der Waals surface area contributed by atoms with E-state index in [1.807, 2.05) is 49.4 Å². The van der Waals surface area contributed by atoms with Crippen LogP contribution in [0.1, 0.15) is 37.4 Å². The molecule has 0 bridgehead atoms. The number of aliphatic hydroxyl groups is 1. The van der Waals surface area contributed by atoms with Crippen LogP contribution in [0, 0.1) is 6.92 Å². The number of nitrogens with zero attached hydrogens (tertiary/aromatic N) is 4. The minimum Gasteiger partial charge on any atom is -0.492 e. The number of carboxylic acids is 1. The zero-order valence-corrected chi connectivity index (χ0v) is 24.7. The number of hydrogen-bond acceptors (Lipinski definition) is 8. The first-order chi connectivity index (χ1) is 20.3. The fourth-order valence-corrected chi connectivity index (χ4v) is 4.46. The molecule has 0 spiro atoms. The van der Waals surface area contributed by atoms with Gasteiger partial charge >= 0.3 is 5.97 Å². The van der Waals surface area contributed by atoms with Gasteiger partial charge < -0.3 is 25.0 Å². The number of carbonyl (C=O) groups is 1. The predicted molar refractivity (Wildman–Crippen MR) is 162 cm³/mol. The minimum absolute atomic E-state index is 0.126. The van der Waals surface area contributed by atoms with E-state index in [0.717, 1.165) is 29.8 Å². The highest BCUT2D eigenvalue weighted by atomic mass is 16.5. The molecule has 0 aliphatic heterocycles. The van der Waals surface area contributed by atoms with Crippen molar-refractivity contribution in [2.75, 3.05) is 31.7 Å². The molecule has 0 saturated carbocycles. The summed E-state index contributed by atoms with van der Waals surface area (Å²) in [7, 11) is 1.77. The molecule has 1 atom stereocenters. The Bertz CT molecular complexity index is 1470. The van der Waals surface area contributed by atoms with Gasteiger partial charge in [-0.3, -0.25) is 14.0 Å². The summed E-state index contributed by atoms with van der Waals surface area (Å²) in [5.74, 6) is 0.291. The van der Waals surface area contributed by atoms with Crippen molar-refractivity contribution in [2.24, 2.45) is 7.05 Å². The van der Waals surface area contributed by atoms with Gasteiger partial charge in [-0.1, -0.05) is 43.7 Å². The molecule has 2 aromatic carbocycles. The van der Waals surface area contributed by atoms with Crippen LogP contribution in [0.3, 0.4) is 0 Å². The molecule has 0 radical (unpaired) electrons. The molecule has 2 aromatic heterocycles. The van der Waals surface area contributed by atoms with Crippen LogP contribution in [-0.4, -0.2) is 68.0 Å². The number of anilines is 1. The maximum absolute atomic E-state index is 13.0. The predicted octanol–water partition coefficient (Wildman–Crippen LogP) is 3.59. The van der Waals surface area contributed by atoms with E-state index >= 15 is 0 Å². The second-order valence-corrected chi connectivity index (χ2v) is 9.63. The highest BCUT2D eigenvalue weighted by Gasteiger charge is 2.18. The minimum atomic E-state index is -0.978. The van der Waals surface area contributed by atoms with Crippen LogP contribution >= 0.6 is 0 Å². The van der Waals surface area contributed by atoms with Crippen molar-refractivity contribution in [1.29, 1.82) is 0 Å². The molecule has 3 N–H and O–H groups in total. The summed E-state index contributed by atoms with van der Waals surface area (Å²) in [6.07, 6.45) is 1.14. The summed E-state index contributed by atoms with van der Waals surface area (Å²) < 4.78 is 14.3. The fraction of sp³-hybridized carbons (Fsp3) is 0.419. The number of ether oxygens (including phenoxy) is 2. The van der Waals surface area contributed by atoms with E-state index in [2.05, 4.69) is 22.3 Å². The molecule has 4 rings (SSSR count). The van der Waals surface area contributed by atoms with E-state index in [9.17, 15) is 14.7 Å². The van der Waals surface area contributed by atoms with E-state index in [1.54, 1.807) is 35.4 Å². The van der Waals surface area contributed by atoms with Crippen LogP contribution in [0.2, 0.25) is 0 Å². The number of hydrogen-bond donors (Lipinski definition) is 3. The zero-order chi connectivity index (χ0) is 30.5. The van der Waals surface area contributed by atoms with Crippen LogP contribution in [0.5, 0.6) is 5.75 Å². The number of rotatable bonds is 14. The van der Waals surface area contributed by atoms with Crippen molar-refractivity contribution >= 4 is 22.7 Å². The van der Waals surface area contributed by atoms with Crippen LogP contribution in [0.15, 0.2) is 59.4 Å². The van der Waals surface area contributed by atoms with E-state index in [0.29, 0.717) is 48.9 Å². The maximum Gasteiger partial charge on any atom is 0.333 e. The number of aliphatic hydroxyl groups excluding tert-OH is 1. The number of aromatic nitrogens is 4. The highest BCUT2D eigenvalue weighted by Crippen LogP contribution is 2.16. The van der Waals surface area contributed by atoms with Crippen molar-refractivity contribution in [3.05, 3.63) is 82.0 Å². The molecular weight excluding hydrogens is 538 g/mol. The van der Waals surface area contributed by atoms with Gasteiger partial charge in [0.05, 0.1) is 18.8 Å². The Kier molecular flexibility index (Phi) is 12.5. The van der Waals surface area contributed by atoms with Gasteiger partial charge in [0.25, 0.3) is 5.56 Å². The first-order valence-electron chi connectivity index (χ1n) is 14.2. The standard InChI is InChI=1S/C23H30N4O5.C8H11NO/c1-5-7-18-20-21(26(4)25-18)22(28)27(15(3)24-20)12-13-32-17-10-8-16(9-11-17)14-19(23(29)30)31-6-2;10-7-6-9-8-4-2-1-3-5-8/h8-11,19H,5-7,12-14H2,1-4H3,(H,29,30);1-5,9-10H,6-7H2/t19-;/m0./s1. The molecule has 0 aliphatic carbocycles. The molecule has 11 nitrogen and oxygen atoms in total. The smallest absolute Gasteiger partial charge is 0.333 e. The summed E-state index contributed by atoms with van der Waals surface area (Å²) in [6.45, 7) is 7.44. The van der Waals surface area contributed by atoms with E-state index in [1.165, 1.54) is 0 Å². The van der Waals surface area contributed by atoms with E-state index < -0.39 is 12.1 Å². The van der Waals surface area contributed by atoms with Crippen LogP contribution < -0.4 is 15.6 Å². The van der Waals surface area contributed by atoms with E-state index in [4.69, 9.17) is 14.6 Å². The number of para-hydroxylation sites is 1. The Balaban J connectivity index is 0.000000408. The third kappa shape index (κ3) is 8.89. The van der Waals surface area contributed by atoms with E-state index in [-0.39, 0.29) is 18.6 Å². The number of aliphatic carboxylic acids is 1. The summed E-state index contributed by atoms with van der Waals surface area (Å²) in [4.78, 5) is 28.9. The number of carboxylic acid groups (broad SMARTS) is 1. The summed E-state index contributed by atoms with van der Waals surface area (Å²) in [6, 6.07) is 17.0. The van der Waals surface area contributed by atoms with Crippen LogP contribution in [0.4, 0.5) is 5.69 Å². The molecule has 11 heteroatoms. The Morgan fingerprint density at radius 3 is 2.43 bits per heavy atom. The van der Waals surface area contributed by atoms with Gasteiger partial charge in [0.2, 0.25) is 0 Å². The zero-order valence-electron chi connectivity index (χ0n) is 24.7. The molecule has 0 aliphatic rings. The number of nitrogens with one attached hydrogen (secondary N) is 1. The molecule has 0 fully saturated rings. The van der Waals surface area contributed by atoms with Crippen LogP contribution in [0.25, 0.3) is 11.0 Å². The molecule has 0 unspecified atom stereocenters. The van der Waals surface area contributed by atoms with Gasteiger partial charge in [0.15, 0.2) is 11.6 Å². The molecule has 0 amide bonds. The summed E-state index contributed by atoms with van der Waals surface area (Å²) >= 11 is 0. The monoisotopic (exact) mass is 579 g/mol. The Morgan fingerprint density at radius 2 is 1.81 bits per heavy atom. The first-order valence-corrected chi connectivity index (χ1v) is 14.2. The van der Waals surface area contributed by atoms with Crippen LogP contribution in [-0.2, 0) is 36.0 Å². The lowest BCUT2D eigenvalue weighted by atomic mass is 10.1. The molecule has 0 saturated heterocycles. The van der Waals surface area contributed by atoms with Crippen molar-refractivity contribution in [3.8, 4) is 5.75 Å². The van der Waals surface area contributed by atoms with Crippen molar-refractivity contribution < 1.29 is 24.5 Å². The third-order valence-corrected chi connectivity index (χ3v) is 6.48. The molecular formula is C31H41N5O6. The van der Waals surface area contributed by atoms with Crippen molar-refractivity contribution in [3.63, 3.8) is 0 Å². The summed E-state index contributed by atoms with van der Waals surface area (Å²) in [5.41, 5.74) is 3.81. The highest BCUT2D eigenvalue weighted by molar-refractivity contribution is 5.76. The second kappa shape index (κ2) is 16.3. The maximum atomic E-state index is 13.0. The summed E-state index contributed by atoms with van der Waals surface area (Å²) in [5, 5.41) is 25.2. The molecule has 2 heterocycles. The average Bonchev–Trinajstić information content (AvgIpc) is 3.29. The van der Waals surface area contributed by atoms with Crippen molar-refractivity contribution in [2.45, 2.75) is 52.7 Å². The largest absolute Gasteiger partial charge is 0.492 e. The van der Waals surface area contributed by atoms with Gasteiger partial charge in [-0.25, -0.2) is 9.78 Å². The van der Waals surface area contributed by atoms with Gasteiger partial charge in [-0.2, -0.15) is 5.10 Å². The van der Waals surface area contributed by atoms with Gasteiger partial charge in [-0.15, -0.1) is 0 Å². The molecule has 42 heavy (non-hydrogen) atoms. The SMILES string of the molecule is CCCc1nn(C)c2c(=O)n(CCOc3ccc(C[C@H](OCC)C(=O)O)cc3)c(C)nc12.OCCNc1ccccc1. The fourth-order valence-electron chi connectivity index (χ4n) is 4.46. The molecule has 4 aromatic rings. The Morgan fingerprint density at radius 1 is 1.10 bits per heavy atom. The normalized spacial score (nSPS) is 11.5. The third-order valence-electron chi connectivity index (χ3n) is 6.48. The number of benzene rings is 2. The second-order valence-electron chi connectivity index (χ2n) is 9.63. The Hall–Kier alpha value is -4.22. The Labute approximate surface area is 245 Å².